The second-order valence-electron chi connectivity index (χ2n) is 2.34. The number of carbonyl (C=O) groups excluding carboxylic acids is 1. The van der Waals surface area contributed by atoms with Gasteiger partial charge in [0.25, 0.3) is 0 Å². The highest BCUT2D eigenvalue weighted by molar-refractivity contribution is 9.25. The summed E-state index contributed by atoms with van der Waals surface area (Å²) in [5.41, 5.74) is 1.23. The van der Waals surface area contributed by atoms with E-state index in [1.165, 1.54) is 16.9 Å². The number of hydrogen-bond acceptors (Lipinski definition) is 2. The average Bonchev–Trinajstić information content (AvgIpc) is 2.50. The van der Waals surface area contributed by atoms with E-state index in [2.05, 4.69) is 38.8 Å². The summed E-state index contributed by atoms with van der Waals surface area (Å²) in [4.78, 5) is 12.2. The van der Waals surface area contributed by atoms with Crippen LogP contribution in [-0.2, 0) is 6.42 Å². The molecule has 0 aliphatic carbocycles. The molecule has 0 fully saturated rings. The van der Waals surface area contributed by atoms with Gasteiger partial charge in [0.2, 0.25) is 0 Å². The van der Waals surface area contributed by atoms with Crippen molar-refractivity contribution in [1.29, 1.82) is 0 Å². The number of ketones is 1. The van der Waals surface area contributed by atoms with Gasteiger partial charge in [-0.25, -0.2) is 0 Å². The summed E-state index contributed by atoms with van der Waals surface area (Å²) >= 11 is 7.86. The maximum absolute atomic E-state index is 11.4. The van der Waals surface area contributed by atoms with Crippen LogP contribution in [0.1, 0.15) is 22.2 Å². The SMILES string of the molecule is CCc1csc(C(=O)C(Br)Br)c1. The molecule has 0 unspecified atom stereocenters. The van der Waals surface area contributed by atoms with Crippen LogP contribution in [0.3, 0.4) is 0 Å². The molecule has 1 aromatic rings. The first-order valence-electron chi connectivity index (χ1n) is 3.55. The van der Waals surface area contributed by atoms with E-state index in [0.717, 1.165) is 11.3 Å². The zero-order valence-corrected chi connectivity index (χ0v) is 10.5. The summed E-state index contributed by atoms with van der Waals surface area (Å²) in [6.07, 6.45) is 0.985. The van der Waals surface area contributed by atoms with Crippen LogP contribution in [0.4, 0.5) is 0 Å². The Hall–Kier alpha value is 0.330. The second-order valence-corrected chi connectivity index (χ2v) is 6.31. The van der Waals surface area contributed by atoms with Crippen LogP contribution < -0.4 is 0 Å². The maximum atomic E-state index is 11.4. The number of rotatable bonds is 3. The summed E-state index contributed by atoms with van der Waals surface area (Å²) in [6, 6.07) is 1.95. The van der Waals surface area contributed by atoms with Crippen LogP contribution in [0.15, 0.2) is 11.4 Å². The smallest absolute Gasteiger partial charge is 0.197 e. The van der Waals surface area contributed by atoms with Gasteiger partial charge in [-0.3, -0.25) is 4.79 Å². The van der Waals surface area contributed by atoms with Crippen LogP contribution in [0.25, 0.3) is 0 Å². The lowest BCUT2D eigenvalue weighted by Crippen LogP contribution is -2.04. The molecular formula is C8H8Br2OS. The molecule has 1 aromatic heterocycles. The van der Waals surface area contributed by atoms with Gasteiger partial charge in [0.05, 0.1) is 4.88 Å². The van der Waals surface area contributed by atoms with E-state index in [0.29, 0.717) is 0 Å². The van der Waals surface area contributed by atoms with Crippen molar-refractivity contribution >= 4 is 49.0 Å². The van der Waals surface area contributed by atoms with Gasteiger partial charge >= 0.3 is 0 Å². The van der Waals surface area contributed by atoms with E-state index in [1.807, 2.05) is 11.4 Å². The number of hydrogen-bond donors (Lipinski definition) is 0. The maximum Gasteiger partial charge on any atom is 0.197 e. The molecule has 0 atom stereocenters. The average molecular weight is 312 g/mol. The van der Waals surface area contributed by atoms with Gasteiger partial charge in [-0.15, -0.1) is 11.3 Å². The van der Waals surface area contributed by atoms with Crippen molar-refractivity contribution in [2.75, 3.05) is 0 Å². The van der Waals surface area contributed by atoms with E-state index >= 15 is 0 Å². The highest BCUT2D eigenvalue weighted by Crippen LogP contribution is 2.21. The minimum Gasteiger partial charge on any atom is -0.291 e. The van der Waals surface area contributed by atoms with Crippen LogP contribution in [-0.4, -0.2) is 9.52 Å². The zero-order valence-electron chi connectivity index (χ0n) is 6.51. The molecule has 0 amide bonds. The van der Waals surface area contributed by atoms with Crippen LogP contribution in [0.5, 0.6) is 0 Å². The summed E-state index contributed by atoms with van der Waals surface area (Å²) in [6.45, 7) is 2.08. The molecule has 0 aliphatic heterocycles. The van der Waals surface area contributed by atoms with Gasteiger partial charge in [0.1, 0.15) is 3.74 Å². The van der Waals surface area contributed by atoms with Crippen LogP contribution >= 0.6 is 43.2 Å². The van der Waals surface area contributed by atoms with E-state index in [1.54, 1.807) is 0 Å². The Labute approximate surface area is 92.4 Å². The molecule has 66 valence electrons. The Bertz CT molecular complexity index is 280. The van der Waals surface area contributed by atoms with Crippen LogP contribution in [0, 0.1) is 0 Å². The number of Topliss-reactive ketones (excluding diaryl/α,β-unsaturated/α-hetero) is 1. The summed E-state index contributed by atoms with van der Waals surface area (Å²) in [7, 11) is 0. The third-order valence-corrected chi connectivity index (χ3v) is 3.33. The Morgan fingerprint density at radius 1 is 1.67 bits per heavy atom. The Kier molecular flexibility index (Phi) is 3.93. The lowest BCUT2D eigenvalue weighted by molar-refractivity contribution is 0.102. The first kappa shape index (κ1) is 10.4. The fourth-order valence-corrected chi connectivity index (χ4v) is 2.56. The molecule has 1 nitrogen and oxygen atoms in total. The minimum absolute atomic E-state index is 0.0969. The van der Waals surface area contributed by atoms with Gasteiger partial charge in [-0.1, -0.05) is 38.8 Å². The molecule has 0 N–H and O–H groups in total. The molecule has 0 bridgehead atoms. The Morgan fingerprint density at radius 2 is 2.33 bits per heavy atom. The third-order valence-electron chi connectivity index (χ3n) is 1.50. The molecule has 4 heteroatoms. The Balaban J connectivity index is 2.82. The third kappa shape index (κ3) is 2.41. The van der Waals surface area contributed by atoms with Crippen molar-refractivity contribution in [2.24, 2.45) is 0 Å². The van der Waals surface area contributed by atoms with E-state index < -0.39 is 0 Å². The topological polar surface area (TPSA) is 17.1 Å². The van der Waals surface area contributed by atoms with E-state index in [-0.39, 0.29) is 9.52 Å². The lowest BCUT2D eigenvalue weighted by Gasteiger charge is -1.95. The van der Waals surface area contributed by atoms with Gasteiger partial charge < -0.3 is 0 Å². The lowest BCUT2D eigenvalue weighted by atomic mass is 10.2. The molecule has 0 aromatic carbocycles. The molecule has 0 saturated carbocycles. The number of halogens is 2. The standard InChI is InChI=1S/C8H8Br2OS/c1-2-5-3-6(12-4-5)7(11)8(9)10/h3-4,8H,2H2,1H3. The molecule has 0 spiro atoms. The molecule has 1 heterocycles. The fourth-order valence-electron chi connectivity index (χ4n) is 0.798. The normalized spacial score (nSPS) is 10.7. The van der Waals surface area contributed by atoms with E-state index in [9.17, 15) is 4.79 Å². The predicted molar refractivity (Wildman–Crippen MR) is 59.7 cm³/mol. The highest BCUT2D eigenvalue weighted by atomic mass is 79.9. The molecule has 0 aliphatic rings. The van der Waals surface area contributed by atoms with E-state index in [4.69, 9.17) is 0 Å². The summed E-state index contributed by atoms with van der Waals surface area (Å²) < 4.78 is -0.256. The number of thiophene rings is 1. The van der Waals surface area contributed by atoms with Crippen molar-refractivity contribution < 1.29 is 4.79 Å². The number of alkyl halides is 2. The zero-order chi connectivity index (χ0) is 9.14. The van der Waals surface area contributed by atoms with Crippen molar-refractivity contribution in [3.05, 3.63) is 21.9 Å². The largest absolute Gasteiger partial charge is 0.291 e. The van der Waals surface area contributed by atoms with Gasteiger partial charge in [-0.05, 0) is 23.4 Å². The van der Waals surface area contributed by atoms with Crippen LogP contribution in [0.2, 0.25) is 0 Å². The van der Waals surface area contributed by atoms with Gasteiger partial charge in [0, 0.05) is 0 Å². The first-order chi connectivity index (χ1) is 5.65. The van der Waals surface area contributed by atoms with Gasteiger partial charge in [0.15, 0.2) is 5.78 Å². The molecular weight excluding hydrogens is 304 g/mol. The molecule has 1 rings (SSSR count). The fraction of sp³-hybridized carbons (Fsp3) is 0.375. The highest BCUT2D eigenvalue weighted by Gasteiger charge is 2.14. The van der Waals surface area contributed by atoms with Crippen molar-refractivity contribution in [3.63, 3.8) is 0 Å². The molecule has 0 radical (unpaired) electrons. The van der Waals surface area contributed by atoms with Crippen molar-refractivity contribution in [2.45, 2.75) is 17.1 Å². The molecule has 0 saturated heterocycles. The molecule has 12 heavy (non-hydrogen) atoms. The Morgan fingerprint density at radius 3 is 2.75 bits per heavy atom. The van der Waals surface area contributed by atoms with Gasteiger partial charge in [-0.2, -0.15) is 0 Å². The van der Waals surface area contributed by atoms with Crippen molar-refractivity contribution in [3.8, 4) is 0 Å². The first-order valence-corrected chi connectivity index (χ1v) is 6.26. The quantitative estimate of drug-likeness (QED) is 0.615. The number of carbonyl (C=O) groups is 1. The summed E-state index contributed by atoms with van der Waals surface area (Å²) in [5.74, 6) is 0.0969. The monoisotopic (exact) mass is 310 g/mol. The van der Waals surface area contributed by atoms with Crippen molar-refractivity contribution in [1.82, 2.24) is 0 Å². The number of aryl methyl sites for hydroxylation is 1. The predicted octanol–water partition coefficient (Wildman–Crippen LogP) is 3.61. The second kappa shape index (κ2) is 4.53. The summed E-state index contributed by atoms with van der Waals surface area (Å²) in [5, 5.41) is 2.02. The minimum atomic E-state index is -0.256.